The highest BCUT2D eigenvalue weighted by Gasteiger charge is 2.26. The van der Waals surface area contributed by atoms with Crippen LogP contribution in [-0.2, 0) is 9.59 Å². The number of nitrogens with zero attached hydrogens (tertiary/aromatic N) is 3. The molecule has 0 spiro atoms. The summed E-state index contributed by atoms with van der Waals surface area (Å²) in [5, 5.41) is 26.6. The summed E-state index contributed by atoms with van der Waals surface area (Å²) >= 11 is 0. The summed E-state index contributed by atoms with van der Waals surface area (Å²) in [6, 6.07) is 0. The third-order valence-electron chi connectivity index (χ3n) is 2.22. The number of carboxylic acid groups (broad SMARTS) is 2. The van der Waals surface area contributed by atoms with Gasteiger partial charge in [-0.25, -0.2) is 14.6 Å². The van der Waals surface area contributed by atoms with Gasteiger partial charge in [0, 0.05) is 25.2 Å². The number of aliphatic hydroxyl groups excluding tert-OH is 1. The van der Waals surface area contributed by atoms with E-state index in [1.54, 1.807) is 0 Å². The summed E-state index contributed by atoms with van der Waals surface area (Å²) in [5.74, 6) is -2.68. The van der Waals surface area contributed by atoms with E-state index >= 15 is 0 Å². The molecule has 0 atom stereocenters. The molecule has 0 aliphatic carbocycles. The second-order valence-electron chi connectivity index (χ2n) is 4.62. The zero-order chi connectivity index (χ0) is 21.6. The van der Waals surface area contributed by atoms with Crippen LogP contribution >= 0.6 is 0 Å². The standard InChI is InChI=1S/C10H14F3N5O2.C4H4O4/c11-10(12,13)6-16-9(14)18-7-4-15-5-8(17-7)20-3-1-2-19;5-3(6)1-2-4(7)8/h4-5,19H,1-3,6H2,(H3,14,16,17,18);1-2H,(H,5,6)(H,7,8)/b;2-1-. The molecular weight excluding hydrogens is 391 g/mol. The van der Waals surface area contributed by atoms with E-state index in [4.69, 9.17) is 25.8 Å². The lowest BCUT2D eigenvalue weighted by atomic mass is 10.5. The van der Waals surface area contributed by atoms with Crippen LogP contribution in [0.5, 0.6) is 5.88 Å². The van der Waals surface area contributed by atoms with Crippen molar-refractivity contribution in [3.63, 3.8) is 0 Å². The summed E-state index contributed by atoms with van der Waals surface area (Å²) in [4.78, 5) is 29.9. The van der Waals surface area contributed by atoms with Gasteiger partial charge in [-0.1, -0.05) is 0 Å². The molecule has 28 heavy (non-hydrogen) atoms. The van der Waals surface area contributed by atoms with Crippen molar-refractivity contribution in [1.82, 2.24) is 9.97 Å². The summed E-state index contributed by atoms with van der Waals surface area (Å²) < 4.78 is 40.9. The second-order valence-corrected chi connectivity index (χ2v) is 4.62. The summed E-state index contributed by atoms with van der Waals surface area (Å²) in [5.41, 5.74) is 5.28. The molecule has 0 unspecified atom stereocenters. The summed E-state index contributed by atoms with van der Waals surface area (Å²) in [7, 11) is 0. The van der Waals surface area contributed by atoms with Crippen LogP contribution in [0.25, 0.3) is 0 Å². The van der Waals surface area contributed by atoms with Crippen LogP contribution in [0.15, 0.2) is 29.5 Å². The number of aromatic nitrogens is 2. The number of nitrogens with one attached hydrogen (secondary N) is 1. The van der Waals surface area contributed by atoms with Gasteiger partial charge < -0.3 is 31.1 Å². The predicted molar refractivity (Wildman–Crippen MR) is 89.8 cm³/mol. The van der Waals surface area contributed by atoms with Crippen molar-refractivity contribution in [2.75, 3.05) is 25.1 Å². The number of aliphatic imine (C=N–C) groups is 1. The molecule has 0 radical (unpaired) electrons. The number of alkyl halides is 3. The van der Waals surface area contributed by atoms with Gasteiger partial charge in [-0.3, -0.25) is 4.98 Å². The van der Waals surface area contributed by atoms with E-state index in [1.165, 1.54) is 12.4 Å². The van der Waals surface area contributed by atoms with E-state index in [9.17, 15) is 22.8 Å². The molecule has 1 rings (SSSR count). The minimum absolute atomic E-state index is 0.0254. The summed E-state index contributed by atoms with van der Waals surface area (Å²) in [6.45, 7) is -1.17. The van der Waals surface area contributed by atoms with Crippen LogP contribution in [0.4, 0.5) is 19.0 Å². The Kier molecular flexibility index (Phi) is 11.3. The first-order valence-electron chi connectivity index (χ1n) is 7.37. The number of ether oxygens (including phenoxy) is 1. The molecule has 1 aromatic rings. The van der Waals surface area contributed by atoms with Gasteiger partial charge in [-0.2, -0.15) is 18.2 Å². The third kappa shape index (κ3) is 14.9. The van der Waals surface area contributed by atoms with E-state index < -0.39 is 30.6 Å². The maximum Gasteiger partial charge on any atom is 0.408 e. The number of hydrogen-bond acceptors (Lipinski definition) is 7. The molecule has 1 aromatic heterocycles. The highest BCUT2D eigenvalue weighted by atomic mass is 19.4. The molecule has 156 valence electrons. The molecule has 11 nitrogen and oxygen atoms in total. The van der Waals surface area contributed by atoms with Crippen molar-refractivity contribution in [2.45, 2.75) is 12.6 Å². The number of guanidine groups is 1. The first-order valence-corrected chi connectivity index (χ1v) is 7.37. The Morgan fingerprint density at radius 1 is 1.25 bits per heavy atom. The van der Waals surface area contributed by atoms with Gasteiger partial charge in [0.05, 0.1) is 19.0 Å². The van der Waals surface area contributed by atoms with Gasteiger partial charge in [0.15, 0.2) is 11.8 Å². The first kappa shape index (κ1) is 24.6. The number of hydrogen-bond donors (Lipinski definition) is 5. The molecule has 0 aliphatic heterocycles. The largest absolute Gasteiger partial charge is 0.478 e. The second kappa shape index (κ2) is 12.9. The smallest absolute Gasteiger partial charge is 0.408 e. The monoisotopic (exact) mass is 409 g/mol. The van der Waals surface area contributed by atoms with Gasteiger partial charge in [0.1, 0.15) is 6.54 Å². The van der Waals surface area contributed by atoms with Crippen LogP contribution in [-0.4, -0.2) is 69.1 Å². The van der Waals surface area contributed by atoms with Crippen molar-refractivity contribution >= 4 is 23.7 Å². The first-order chi connectivity index (χ1) is 13.0. The number of anilines is 1. The van der Waals surface area contributed by atoms with E-state index in [0.717, 1.165) is 0 Å². The van der Waals surface area contributed by atoms with E-state index in [-0.39, 0.29) is 24.9 Å². The van der Waals surface area contributed by atoms with Crippen molar-refractivity contribution in [1.29, 1.82) is 0 Å². The van der Waals surface area contributed by atoms with E-state index in [0.29, 0.717) is 18.6 Å². The van der Waals surface area contributed by atoms with Gasteiger partial charge in [0.25, 0.3) is 0 Å². The van der Waals surface area contributed by atoms with Crippen molar-refractivity contribution < 1.29 is 42.8 Å². The lowest BCUT2D eigenvalue weighted by Gasteiger charge is -2.08. The molecule has 0 amide bonds. The maximum absolute atomic E-state index is 11.9. The molecule has 0 bridgehead atoms. The SMILES string of the molecule is NC(=NCC(F)(F)F)Nc1cncc(OCCCO)n1.O=C(O)/C=C\C(=O)O. The Morgan fingerprint density at radius 3 is 2.36 bits per heavy atom. The van der Waals surface area contributed by atoms with Crippen LogP contribution < -0.4 is 15.8 Å². The summed E-state index contributed by atoms with van der Waals surface area (Å²) in [6.07, 6.45) is -0.299. The molecular formula is C14H18F3N5O6. The highest BCUT2D eigenvalue weighted by Crippen LogP contribution is 2.14. The number of rotatable bonds is 8. The fourth-order valence-corrected chi connectivity index (χ4v) is 1.21. The van der Waals surface area contributed by atoms with E-state index in [1.807, 2.05) is 0 Å². The molecule has 0 fully saturated rings. The quantitative estimate of drug-likeness (QED) is 0.173. The number of carbonyl (C=O) groups is 2. The minimum atomic E-state index is -4.42. The molecule has 0 aromatic carbocycles. The topological polar surface area (TPSA) is 180 Å². The number of aliphatic hydroxyl groups is 1. The van der Waals surface area contributed by atoms with Gasteiger partial charge in [0.2, 0.25) is 5.88 Å². The Labute approximate surface area is 156 Å². The van der Waals surface area contributed by atoms with Crippen LogP contribution in [0.1, 0.15) is 6.42 Å². The number of halogens is 3. The highest BCUT2D eigenvalue weighted by molar-refractivity contribution is 5.91. The predicted octanol–water partition coefficient (Wildman–Crippen LogP) is 0.238. The van der Waals surface area contributed by atoms with Crippen molar-refractivity contribution in [2.24, 2.45) is 10.7 Å². The Balaban J connectivity index is 0.000000769. The fraction of sp³-hybridized carbons (Fsp3) is 0.357. The Bertz CT molecular complexity index is 680. The number of nitrogens with two attached hydrogens (primary N) is 1. The van der Waals surface area contributed by atoms with Gasteiger partial charge in [-0.15, -0.1) is 0 Å². The Hall–Kier alpha value is -3.42. The average Bonchev–Trinajstić information content (AvgIpc) is 2.59. The van der Waals surface area contributed by atoms with Crippen LogP contribution in [0.2, 0.25) is 0 Å². The number of aliphatic carboxylic acids is 2. The molecule has 1 heterocycles. The molecule has 0 saturated heterocycles. The normalized spacial score (nSPS) is 11.5. The maximum atomic E-state index is 11.9. The molecule has 14 heteroatoms. The fourth-order valence-electron chi connectivity index (χ4n) is 1.21. The zero-order valence-electron chi connectivity index (χ0n) is 14.3. The Morgan fingerprint density at radius 2 is 1.86 bits per heavy atom. The molecule has 6 N–H and O–H groups in total. The molecule has 0 aliphatic rings. The van der Waals surface area contributed by atoms with E-state index in [2.05, 4.69) is 20.3 Å². The van der Waals surface area contributed by atoms with Gasteiger partial charge >= 0.3 is 18.1 Å². The lowest BCUT2D eigenvalue weighted by molar-refractivity contribution is -0.134. The zero-order valence-corrected chi connectivity index (χ0v) is 14.3. The lowest BCUT2D eigenvalue weighted by Crippen LogP contribution is -2.26. The molecule has 0 saturated carbocycles. The van der Waals surface area contributed by atoms with Crippen molar-refractivity contribution in [3.8, 4) is 5.88 Å². The van der Waals surface area contributed by atoms with Gasteiger partial charge in [-0.05, 0) is 0 Å². The van der Waals surface area contributed by atoms with Crippen molar-refractivity contribution in [3.05, 3.63) is 24.5 Å². The number of carboxylic acids is 2. The minimum Gasteiger partial charge on any atom is -0.478 e. The van der Waals surface area contributed by atoms with Crippen LogP contribution in [0, 0.1) is 0 Å². The average molecular weight is 409 g/mol. The van der Waals surface area contributed by atoms with Crippen LogP contribution in [0.3, 0.4) is 0 Å². The third-order valence-corrected chi connectivity index (χ3v) is 2.22.